The van der Waals surface area contributed by atoms with Crippen molar-refractivity contribution in [3.8, 4) is 11.5 Å². The maximum Gasteiger partial charge on any atom is 0.156 e. The van der Waals surface area contributed by atoms with Crippen molar-refractivity contribution < 1.29 is 9.52 Å². The van der Waals surface area contributed by atoms with E-state index in [2.05, 4.69) is 70.3 Å². The lowest BCUT2D eigenvalue weighted by atomic mass is 9.82. The molecule has 27 heavy (non-hydrogen) atoms. The fourth-order valence-corrected chi connectivity index (χ4v) is 4.10. The summed E-state index contributed by atoms with van der Waals surface area (Å²) in [5.41, 5.74) is 4.01. The molecule has 0 aliphatic carbocycles. The number of aryl methyl sites for hydroxylation is 2. The van der Waals surface area contributed by atoms with Crippen molar-refractivity contribution in [2.24, 2.45) is 5.41 Å². The molecular weight excluding hydrogens is 338 g/mol. The average Bonchev–Trinajstić information content (AvgIpc) is 3.08. The van der Waals surface area contributed by atoms with E-state index in [1.54, 1.807) is 6.07 Å². The van der Waals surface area contributed by atoms with Gasteiger partial charge in [0, 0.05) is 11.2 Å². The zero-order valence-corrected chi connectivity index (χ0v) is 17.5. The Kier molecular flexibility index (Phi) is 4.85. The number of anilines is 1. The van der Waals surface area contributed by atoms with Crippen LogP contribution >= 0.6 is 0 Å². The van der Waals surface area contributed by atoms with Crippen LogP contribution in [0.4, 0.5) is 5.82 Å². The molecule has 5 heteroatoms. The molecule has 3 rings (SSSR count). The second-order valence-corrected chi connectivity index (χ2v) is 9.35. The minimum atomic E-state index is -0.132. The molecule has 0 bridgehead atoms. The van der Waals surface area contributed by atoms with E-state index in [0.717, 1.165) is 29.3 Å². The Morgan fingerprint density at radius 2 is 1.81 bits per heavy atom. The van der Waals surface area contributed by atoms with E-state index in [9.17, 15) is 5.11 Å². The number of nitrogens with zero attached hydrogens (tertiary/aromatic N) is 2. The smallest absolute Gasteiger partial charge is 0.156 e. The van der Waals surface area contributed by atoms with Crippen LogP contribution in [0.2, 0.25) is 0 Å². The van der Waals surface area contributed by atoms with Crippen molar-refractivity contribution >= 4 is 11.5 Å². The summed E-state index contributed by atoms with van der Waals surface area (Å²) in [6, 6.07) is 7.90. The largest absolute Gasteiger partial charge is 0.457 e. The van der Waals surface area contributed by atoms with Gasteiger partial charge in [-0.3, -0.25) is 4.40 Å². The molecule has 0 aromatic carbocycles. The van der Waals surface area contributed by atoms with Gasteiger partial charge in [-0.2, -0.15) is 0 Å². The number of aliphatic hydroxyl groups excluding tert-OH is 1. The summed E-state index contributed by atoms with van der Waals surface area (Å²) in [6.45, 7) is 15.2. The molecule has 146 valence electrons. The first-order valence-corrected chi connectivity index (χ1v) is 9.47. The van der Waals surface area contributed by atoms with Gasteiger partial charge in [0.05, 0.1) is 0 Å². The fourth-order valence-electron chi connectivity index (χ4n) is 4.10. The zero-order valence-electron chi connectivity index (χ0n) is 17.5. The number of imidazole rings is 1. The van der Waals surface area contributed by atoms with Crippen molar-refractivity contribution in [2.75, 3.05) is 5.32 Å². The first-order valence-electron chi connectivity index (χ1n) is 9.47. The highest BCUT2D eigenvalue weighted by molar-refractivity contribution is 5.75. The van der Waals surface area contributed by atoms with Gasteiger partial charge >= 0.3 is 0 Å². The highest BCUT2D eigenvalue weighted by atomic mass is 16.4. The molecule has 0 aliphatic rings. The number of nitrogens with one attached hydrogen (secondary N) is 1. The summed E-state index contributed by atoms with van der Waals surface area (Å²) in [4.78, 5) is 4.86. The molecule has 0 amide bonds. The number of fused-ring (bicyclic) bond motifs is 1. The van der Waals surface area contributed by atoms with Gasteiger partial charge in [-0.1, -0.05) is 20.8 Å². The van der Waals surface area contributed by atoms with Crippen LogP contribution in [0, 0.1) is 19.3 Å². The Morgan fingerprint density at radius 3 is 2.41 bits per heavy atom. The van der Waals surface area contributed by atoms with E-state index in [1.165, 1.54) is 5.56 Å². The van der Waals surface area contributed by atoms with Crippen LogP contribution in [-0.4, -0.2) is 20.0 Å². The van der Waals surface area contributed by atoms with Crippen LogP contribution in [-0.2, 0) is 6.61 Å². The van der Waals surface area contributed by atoms with Crippen LogP contribution in [0.25, 0.3) is 17.1 Å². The van der Waals surface area contributed by atoms with Crippen LogP contribution < -0.4 is 5.32 Å². The van der Waals surface area contributed by atoms with E-state index in [0.29, 0.717) is 11.5 Å². The fraction of sp³-hybridized carbons (Fsp3) is 0.500. The highest BCUT2D eigenvalue weighted by Crippen LogP contribution is 2.36. The molecule has 0 aliphatic heterocycles. The third-order valence-corrected chi connectivity index (χ3v) is 4.53. The van der Waals surface area contributed by atoms with E-state index >= 15 is 0 Å². The third-order valence-electron chi connectivity index (χ3n) is 4.53. The molecule has 0 spiro atoms. The Labute approximate surface area is 161 Å². The first-order chi connectivity index (χ1) is 12.5. The molecule has 0 atom stereocenters. The summed E-state index contributed by atoms with van der Waals surface area (Å²) >= 11 is 0. The van der Waals surface area contributed by atoms with E-state index in [-0.39, 0.29) is 17.6 Å². The number of hydrogen-bond acceptors (Lipinski definition) is 4. The minimum absolute atomic E-state index is 0.121. The molecule has 3 aromatic heterocycles. The SMILES string of the molecule is Cc1cc(C)n2c(NC(C)(C)CC(C)(C)C)c(-c3ccc(CO)o3)nc2c1. The summed E-state index contributed by atoms with van der Waals surface area (Å²) in [5, 5.41) is 13.1. The van der Waals surface area contributed by atoms with Gasteiger partial charge in [0.25, 0.3) is 0 Å². The Morgan fingerprint density at radius 1 is 1.11 bits per heavy atom. The maximum absolute atomic E-state index is 9.37. The minimum Gasteiger partial charge on any atom is -0.457 e. The molecule has 0 fully saturated rings. The number of rotatable bonds is 5. The quantitative estimate of drug-likeness (QED) is 0.638. The third kappa shape index (κ3) is 4.19. The molecule has 0 radical (unpaired) electrons. The Hall–Kier alpha value is -2.27. The van der Waals surface area contributed by atoms with E-state index in [4.69, 9.17) is 9.40 Å². The summed E-state index contributed by atoms with van der Waals surface area (Å²) < 4.78 is 7.96. The number of pyridine rings is 1. The van der Waals surface area contributed by atoms with Crippen LogP contribution in [0.3, 0.4) is 0 Å². The second-order valence-electron chi connectivity index (χ2n) is 9.35. The standard InChI is InChI=1S/C22H31N3O2/c1-14-10-15(2)25-18(11-14)23-19(17-9-8-16(12-26)27-17)20(25)24-22(6,7)13-21(3,4)5/h8-11,24,26H,12-13H2,1-7H3. The number of aliphatic hydroxyl groups is 1. The number of aromatic nitrogens is 2. The van der Waals surface area contributed by atoms with Gasteiger partial charge in [-0.25, -0.2) is 4.98 Å². The normalized spacial score (nSPS) is 12.7. The van der Waals surface area contributed by atoms with Crippen molar-refractivity contribution in [1.29, 1.82) is 0 Å². The predicted molar refractivity (Wildman–Crippen MR) is 110 cm³/mol. The van der Waals surface area contributed by atoms with Gasteiger partial charge in [0.15, 0.2) is 5.76 Å². The molecule has 3 heterocycles. The first kappa shape index (κ1) is 19.5. The average molecular weight is 370 g/mol. The lowest BCUT2D eigenvalue weighted by Crippen LogP contribution is -2.36. The molecule has 0 saturated carbocycles. The molecule has 5 nitrogen and oxygen atoms in total. The molecule has 0 saturated heterocycles. The van der Waals surface area contributed by atoms with Crippen LogP contribution in [0.5, 0.6) is 0 Å². The molecule has 0 unspecified atom stereocenters. The monoisotopic (exact) mass is 369 g/mol. The Balaban J connectivity index is 2.17. The van der Waals surface area contributed by atoms with Gasteiger partial charge in [0.2, 0.25) is 0 Å². The van der Waals surface area contributed by atoms with Crippen LogP contribution in [0.1, 0.15) is 58.1 Å². The number of furan rings is 1. The van der Waals surface area contributed by atoms with E-state index < -0.39 is 0 Å². The van der Waals surface area contributed by atoms with E-state index in [1.807, 2.05) is 6.07 Å². The van der Waals surface area contributed by atoms with Crippen molar-refractivity contribution in [3.63, 3.8) is 0 Å². The van der Waals surface area contributed by atoms with Crippen molar-refractivity contribution in [3.05, 3.63) is 41.3 Å². The van der Waals surface area contributed by atoms with Gasteiger partial charge in [-0.15, -0.1) is 0 Å². The summed E-state index contributed by atoms with van der Waals surface area (Å²) in [5.74, 6) is 2.12. The van der Waals surface area contributed by atoms with Gasteiger partial charge in [0.1, 0.15) is 29.5 Å². The lowest BCUT2D eigenvalue weighted by Gasteiger charge is -2.34. The summed E-state index contributed by atoms with van der Waals surface area (Å²) in [7, 11) is 0. The van der Waals surface area contributed by atoms with Crippen molar-refractivity contribution in [1.82, 2.24) is 9.38 Å². The van der Waals surface area contributed by atoms with Crippen LogP contribution in [0.15, 0.2) is 28.7 Å². The molecular formula is C22H31N3O2. The lowest BCUT2D eigenvalue weighted by molar-refractivity contribution is 0.248. The topological polar surface area (TPSA) is 62.7 Å². The Bertz CT molecular complexity index is 958. The predicted octanol–water partition coefficient (Wildman–Crippen LogP) is 5.33. The number of hydrogen-bond donors (Lipinski definition) is 2. The molecule has 2 N–H and O–H groups in total. The zero-order chi connectivity index (χ0) is 20.0. The highest BCUT2D eigenvalue weighted by Gasteiger charge is 2.29. The second kappa shape index (κ2) is 6.71. The van der Waals surface area contributed by atoms with Crippen molar-refractivity contribution in [2.45, 2.75) is 67.0 Å². The van der Waals surface area contributed by atoms with Gasteiger partial charge in [-0.05, 0) is 69.4 Å². The maximum atomic E-state index is 9.37. The summed E-state index contributed by atoms with van der Waals surface area (Å²) in [6.07, 6.45) is 0.998. The van der Waals surface area contributed by atoms with Gasteiger partial charge < -0.3 is 14.8 Å². The molecule has 3 aromatic rings.